The van der Waals surface area contributed by atoms with Crippen LogP contribution in [-0.2, 0) is 4.79 Å². The van der Waals surface area contributed by atoms with E-state index in [2.05, 4.69) is 20.8 Å². The molecule has 0 saturated carbocycles. The third kappa shape index (κ3) is 2.33. The van der Waals surface area contributed by atoms with Crippen LogP contribution in [0.1, 0.15) is 34.1 Å². The molecule has 0 N–H and O–H groups in total. The van der Waals surface area contributed by atoms with Crippen molar-refractivity contribution < 1.29 is 4.79 Å². The Morgan fingerprint density at radius 3 is 2.38 bits per heavy atom. The van der Waals surface area contributed by atoms with Crippen LogP contribution in [0.5, 0.6) is 0 Å². The van der Waals surface area contributed by atoms with Gasteiger partial charge in [-0.05, 0) is 18.8 Å². The van der Waals surface area contributed by atoms with Crippen LogP contribution in [0.2, 0.25) is 0 Å². The van der Waals surface area contributed by atoms with E-state index in [1.807, 2.05) is 17.9 Å². The first-order valence-electron chi connectivity index (χ1n) is 4.92. The molecule has 2 nitrogen and oxygen atoms in total. The van der Waals surface area contributed by atoms with Crippen molar-refractivity contribution in [3.8, 4) is 0 Å². The standard InChI is InChI=1S/C11H19NO/c1-5-6-9(2)10(13)12-7-11(3,4)8-12/h6H,5,7-8H2,1-4H3/b9-6-. The summed E-state index contributed by atoms with van der Waals surface area (Å²) in [6.45, 7) is 10.1. The Bertz CT molecular complexity index is 232. The maximum absolute atomic E-state index is 11.7. The van der Waals surface area contributed by atoms with E-state index in [4.69, 9.17) is 0 Å². The zero-order chi connectivity index (χ0) is 10.1. The molecule has 0 unspecified atom stereocenters. The second kappa shape index (κ2) is 3.52. The Balaban J connectivity index is 2.48. The molecule has 0 bridgehead atoms. The van der Waals surface area contributed by atoms with Gasteiger partial charge in [0.05, 0.1) is 0 Å². The lowest BCUT2D eigenvalue weighted by atomic mass is 9.84. The fourth-order valence-electron chi connectivity index (χ4n) is 1.77. The predicted molar refractivity (Wildman–Crippen MR) is 54.4 cm³/mol. The molecule has 0 atom stereocenters. The molecule has 1 rings (SSSR count). The van der Waals surface area contributed by atoms with Crippen molar-refractivity contribution in [2.24, 2.45) is 5.41 Å². The van der Waals surface area contributed by atoms with Crippen LogP contribution >= 0.6 is 0 Å². The van der Waals surface area contributed by atoms with Gasteiger partial charge in [0.25, 0.3) is 0 Å². The molecular weight excluding hydrogens is 162 g/mol. The molecule has 2 heteroatoms. The van der Waals surface area contributed by atoms with E-state index in [0.29, 0.717) is 5.41 Å². The fraction of sp³-hybridized carbons (Fsp3) is 0.727. The predicted octanol–water partition coefficient (Wildman–Crippen LogP) is 2.21. The van der Waals surface area contributed by atoms with E-state index in [1.54, 1.807) is 0 Å². The van der Waals surface area contributed by atoms with Gasteiger partial charge in [-0.25, -0.2) is 0 Å². The fourth-order valence-corrected chi connectivity index (χ4v) is 1.77. The molecule has 1 aliphatic rings. The first-order chi connectivity index (χ1) is 5.96. The number of carbonyl (C=O) groups is 1. The van der Waals surface area contributed by atoms with Gasteiger partial charge in [0, 0.05) is 18.7 Å². The van der Waals surface area contributed by atoms with E-state index < -0.39 is 0 Å². The molecule has 13 heavy (non-hydrogen) atoms. The van der Waals surface area contributed by atoms with E-state index in [1.165, 1.54) is 0 Å². The summed E-state index contributed by atoms with van der Waals surface area (Å²) >= 11 is 0. The van der Waals surface area contributed by atoms with Crippen molar-refractivity contribution in [1.82, 2.24) is 4.90 Å². The number of rotatable bonds is 2. The number of hydrogen-bond donors (Lipinski definition) is 0. The molecular formula is C11H19NO. The summed E-state index contributed by atoms with van der Waals surface area (Å²) in [5.74, 6) is 0.209. The normalized spacial score (nSPS) is 21.2. The third-order valence-corrected chi connectivity index (χ3v) is 2.37. The van der Waals surface area contributed by atoms with Crippen LogP contribution in [0.25, 0.3) is 0 Å². The molecule has 1 aliphatic heterocycles. The lowest BCUT2D eigenvalue weighted by Gasteiger charge is -2.46. The van der Waals surface area contributed by atoms with Gasteiger partial charge < -0.3 is 4.90 Å². The smallest absolute Gasteiger partial charge is 0.249 e. The minimum atomic E-state index is 0.209. The largest absolute Gasteiger partial charge is 0.338 e. The van der Waals surface area contributed by atoms with Crippen LogP contribution in [0.3, 0.4) is 0 Å². The molecule has 0 aromatic rings. The minimum absolute atomic E-state index is 0.209. The van der Waals surface area contributed by atoms with Gasteiger partial charge in [-0.15, -0.1) is 0 Å². The van der Waals surface area contributed by atoms with Crippen LogP contribution in [0, 0.1) is 5.41 Å². The van der Waals surface area contributed by atoms with Crippen molar-refractivity contribution in [3.63, 3.8) is 0 Å². The molecule has 0 spiro atoms. The van der Waals surface area contributed by atoms with E-state index in [0.717, 1.165) is 25.1 Å². The first-order valence-corrected chi connectivity index (χ1v) is 4.92. The molecule has 0 aliphatic carbocycles. The summed E-state index contributed by atoms with van der Waals surface area (Å²) in [5.41, 5.74) is 1.22. The lowest BCUT2D eigenvalue weighted by molar-refractivity contribution is -0.137. The van der Waals surface area contributed by atoms with Crippen molar-refractivity contribution >= 4 is 5.91 Å². The van der Waals surface area contributed by atoms with Gasteiger partial charge in [-0.3, -0.25) is 4.79 Å². The van der Waals surface area contributed by atoms with Crippen molar-refractivity contribution in [3.05, 3.63) is 11.6 Å². The van der Waals surface area contributed by atoms with E-state index in [9.17, 15) is 4.79 Å². The molecule has 0 radical (unpaired) electrons. The highest BCUT2D eigenvalue weighted by Gasteiger charge is 2.37. The van der Waals surface area contributed by atoms with Gasteiger partial charge in [0.2, 0.25) is 5.91 Å². The summed E-state index contributed by atoms with van der Waals surface area (Å²) in [5, 5.41) is 0. The Morgan fingerprint density at radius 1 is 1.46 bits per heavy atom. The number of likely N-dealkylation sites (tertiary alicyclic amines) is 1. The van der Waals surface area contributed by atoms with Gasteiger partial charge >= 0.3 is 0 Å². The Kier molecular flexibility index (Phi) is 2.79. The van der Waals surface area contributed by atoms with Crippen LogP contribution < -0.4 is 0 Å². The molecule has 0 aromatic carbocycles. The number of carbonyl (C=O) groups excluding carboxylic acids is 1. The Hall–Kier alpha value is -0.790. The average Bonchev–Trinajstić information content (AvgIpc) is 1.99. The maximum atomic E-state index is 11.7. The second-order valence-corrected chi connectivity index (χ2v) is 4.62. The Morgan fingerprint density at radius 2 is 2.00 bits per heavy atom. The van der Waals surface area contributed by atoms with Crippen LogP contribution in [0.4, 0.5) is 0 Å². The number of hydrogen-bond acceptors (Lipinski definition) is 1. The monoisotopic (exact) mass is 181 g/mol. The molecule has 1 amide bonds. The van der Waals surface area contributed by atoms with Gasteiger partial charge in [0.15, 0.2) is 0 Å². The Labute approximate surface area is 80.6 Å². The summed E-state index contributed by atoms with van der Waals surface area (Å²) in [6.07, 6.45) is 2.93. The quantitative estimate of drug-likeness (QED) is 0.598. The van der Waals surface area contributed by atoms with E-state index >= 15 is 0 Å². The zero-order valence-corrected chi connectivity index (χ0v) is 9.05. The summed E-state index contributed by atoms with van der Waals surface area (Å²) < 4.78 is 0. The van der Waals surface area contributed by atoms with E-state index in [-0.39, 0.29) is 5.91 Å². The highest BCUT2D eigenvalue weighted by Crippen LogP contribution is 2.29. The number of allylic oxidation sites excluding steroid dienone is 1. The summed E-state index contributed by atoms with van der Waals surface area (Å²) in [7, 11) is 0. The summed E-state index contributed by atoms with van der Waals surface area (Å²) in [6, 6.07) is 0. The number of amides is 1. The molecule has 74 valence electrons. The zero-order valence-electron chi connectivity index (χ0n) is 9.05. The molecule has 1 saturated heterocycles. The van der Waals surface area contributed by atoms with Gasteiger partial charge in [0.1, 0.15) is 0 Å². The molecule has 1 fully saturated rings. The van der Waals surface area contributed by atoms with Gasteiger partial charge in [-0.1, -0.05) is 26.8 Å². The second-order valence-electron chi connectivity index (χ2n) is 4.62. The first kappa shape index (κ1) is 10.3. The highest BCUT2D eigenvalue weighted by atomic mass is 16.2. The third-order valence-electron chi connectivity index (χ3n) is 2.37. The topological polar surface area (TPSA) is 20.3 Å². The lowest BCUT2D eigenvalue weighted by Crippen LogP contribution is -2.55. The van der Waals surface area contributed by atoms with Gasteiger partial charge in [-0.2, -0.15) is 0 Å². The summed E-state index contributed by atoms with van der Waals surface area (Å²) in [4.78, 5) is 13.6. The van der Waals surface area contributed by atoms with Crippen LogP contribution in [0.15, 0.2) is 11.6 Å². The highest BCUT2D eigenvalue weighted by molar-refractivity contribution is 5.93. The van der Waals surface area contributed by atoms with Crippen LogP contribution in [-0.4, -0.2) is 23.9 Å². The van der Waals surface area contributed by atoms with Crippen molar-refractivity contribution in [1.29, 1.82) is 0 Å². The SMILES string of the molecule is CC/C=C(/C)C(=O)N1CC(C)(C)C1. The minimum Gasteiger partial charge on any atom is -0.338 e. The number of nitrogens with zero attached hydrogens (tertiary/aromatic N) is 1. The molecule has 0 aromatic heterocycles. The maximum Gasteiger partial charge on any atom is 0.249 e. The average molecular weight is 181 g/mol. The van der Waals surface area contributed by atoms with Crippen molar-refractivity contribution in [2.75, 3.05) is 13.1 Å². The molecule has 1 heterocycles. The van der Waals surface area contributed by atoms with Crippen molar-refractivity contribution in [2.45, 2.75) is 34.1 Å².